The van der Waals surface area contributed by atoms with Crippen molar-refractivity contribution >= 4 is 11.3 Å². The average molecular weight is 223 g/mol. The molecule has 0 bridgehead atoms. The highest BCUT2D eigenvalue weighted by Gasteiger charge is 2.28. The van der Waals surface area contributed by atoms with E-state index in [1.807, 2.05) is 11.3 Å². The molecular weight excluding hydrogens is 202 g/mol. The Balaban J connectivity index is 1.88. The lowest BCUT2D eigenvalue weighted by Crippen LogP contribution is -2.24. The molecule has 2 unspecified atom stereocenters. The third-order valence-electron chi connectivity index (χ3n) is 3.40. The van der Waals surface area contributed by atoms with Gasteiger partial charge in [0.2, 0.25) is 0 Å². The van der Waals surface area contributed by atoms with Crippen LogP contribution < -0.4 is 5.32 Å². The van der Waals surface area contributed by atoms with Crippen molar-refractivity contribution in [1.29, 1.82) is 0 Å². The molecule has 1 aromatic rings. The number of rotatable bonds is 5. The zero-order valence-corrected chi connectivity index (χ0v) is 10.4. The minimum Gasteiger partial charge on any atom is -0.316 e. The molecule has 2 rings (SSSR count). The summed E-state index contributed by atoms with van der Waals surface area (Å²) >= 11 is 1.94. The molecule has 2 heteroatoms. The normalized spacial score (nSPS) is 25.9. The molecule has 2 atom stereocenters. The first-order valence-corrected chi connectivity index (χ1v) is 7.04. The smallest absolute Gasteiger partial charge is 0.00794 e. The van der Waals surface area contributed by atoms with Crippen molar-refractivity contribution in [3.05, 3.63) is 22.4 Å². The van der Waals surface area contributed by atoms with Gasteiger partial charge < -0.3 is 5.32 Å². The number of thiophene rings is 1. The maximum absolute atomic E-state index is 3.57. The zero-order valence-electron chi connectivity index (χ0n) is 9.54. The summed E-state index contributed by atoms with van der Waals surface area (Å²) in [6, 6.07) is 4.50. The predicted octanol–water partition coefficient (Wildman–Crippen LogP) is 3.63. The largest absolute Gasteiger partial charge is 0.316 e. The molecule has 0 aromatic carbocycles. The second kappa shape index (κ2) is 5.66. The molecule has 1 aliphatic carbocycles. The van der Waals surface area contributed by atoms with Crippen LogP contribution in [0.15, 0.2) is 17.5 Å². The molecule has 1 N–H and O–H groups in total. The second-order valence-corrected chi connectivity index (χ2v) is 5.50. The summed E-state index contributed by atoms with van der Waals surface area (Å²) in [4.78, 5) is 1.61. The van der Waals surface area contributed by atoms with Gasteiger partial charge in [0.25, 0.3) is 0 Å². The van der Waals surface area contributed by atoms with E-state index >= 15 is 0 Å². The minimum atomic E-state index is 0.842. The van der Waals surface area contributed by atoms with Crippen LogP contribution in [-0.4, -0.2) is 13.1 Å². The monoisotopic (exact) mass is 223 g/mol. The lowest BCUT2D eigenvalue weighted by Gasteiger charge is -2.18. The molecule has 1 aromatic heterocycles. The second-order valence-electron chi connectivity index (χ2n) is 4.52. The van der Waals surface area contributed by atoms with Gasteiger partial charge in [-0.15, -0.1) is 11.3 Å². The van der Waals surface area contributed by atoms with Gasteiger partial charge in [-0.25, -0.2) is 0 Å². The minimum absolute atomic E-state index is 0.842. The van der Waals surface area contributed by atoms with Crippen LogP contribution >= 0.6 is 11.3 Å². The molecule has 1 heterocycles. The molecule has 0 amide bonds. The number of nitrogens with one attached hydrogen (secondary N) is 1. The van der Waals surface area contributed by atoms with Crippen molar-refractivity contribution < 1.29 is 0 Å². The third kappa shape index (κ3) is 2.82. The molecule has 84 valence electrons. The molecule has 1 fully saturated rings. The number of hydrogen-bond acceptors (Lipinski definition) is 2. The van der Waals surface area contributed by atoms with Crippen LogP contribution in [0.4, 0.5) is 0 Å². The van der Waals surface area contributed by atoms with E-state index in [1.165, 1.54) is 38.8 Å². The van der Waals surface area contributed by atoms with E-state index < -0.39 is 0 Å². The summed E-state index contributed by atoms with van der Waals surface area (Å²) in [6.45, 7) is 4.63. The van der Waals surface area contributed by atoms with Crippen molar-refractivity contribution in [3.63, 3.8) is 0 Å². The van der Waals surface area contributed by atoms with Gasteiger partial charge in [0, 0.05) is 4.88 Å². The standard InChI is InChI=1S/C13H21NS/c1-2-8-14-10-11-5-3-6-12(11)13-7-4-9-15-13/h4,7,9,11-12,14H,2-3,5-6,8,10H2,1H3. The fourth-order valence-electron chi connectivity index (χ4n) is 2.62. The van der Waals surface area contributed by atoms with Crippen molar-refractivity contribution in [3.8, 4) is 0 Å². The topological polar surface area (TPSA) is 12.0 Å². The Bertz CT molecular complexity index is 268. The van der Waals surface area contributed by atoms with Crippen LogP contribution in [0, 0.1) is 5.92 Å². The van der Waals surface area contributed by atoms with Gasteiger partial charge in [-0.05, 0) is 55.6 Å². The lowest BCUT2D eigenvalue weighted by atomic mass is 9.94. The van der Waals surface area contributed by atoms with Crippen LogP contribution in [0.1, 0.15) is 43.4 Å². The van der Waals surface area contributed by atoms with Crippen LogP contribution in [0.25, 0.3) is 0 Å². The molecule has 1 saturated carbocycles. The Hall–Kier alpha value is -0.340. The molecule has 15 heavy (non-hydrogen) atoms. The Morgan fingerprint density at radius 1 is 1.47 bits per heavy atom. The Kier molecular flexibility index (Phi) is 4.21. The van der Waals surface area contributed by atoms with Gasteiger partial charge in [-0.2, -0.15) is 0 Å². The van der Waals surface area contributed by atoms with Gasteiger partial charge >= 0.3 is 0 Å². The molecule has 0 saturated heterocycles. The van der Waals surface area contributed by atoms with Gasteiger partial charge in [0.1, 0.15) is 0 Å². The van der Waals surface area contributed by atoms with Crippen LogP contribution in [0.5, 0.6) is 0 Å². The highest BCUT2D eigenvalue weighted by atomic mass is 32.1. The van der Waals surface area contributed by atoms with Gasteiger partial charge in [-0.3, -0.25) is 0 Å². The van der Waals surface area contributed by atoms with E-state index in [2.05, 4.69) is 29.8 Å². The number of hydrogen-bond donors (Lipinski definition) is 1. The molecule has 1 nitrogen and oxygen atoms in total. The van der Waals surface area contributed by atoms with Gasteiger partial charge in [0.15, 0.2) is 0 Å². The summed E-state index contributed by atoms with van der Waals surface area (Å²) in [6.07, 6.45) is 5.48. The van der Waals surface area contributed by atoms with Gasteiger partial charge in [0.05, 0.1) is 0 Å². The van der Waals surface area contributed by atoms with Crippen molar-refractivity contribution in [1.82, 2.24) is 5.32 Å². The summed E-state index contributed by atoms with van der Waals surface area (Å²) in [7, 11) is 0. The highest BCUT2D eigenvalue weighted by molar-refractivity contribution is 7.10. The quantitative estimate of drug-likeness (QED) is 0.752. The summed E-state index contributed by atoms with van der Waals surface area (Å²) < 4.78 is 0. The van der Waals surface area contributed by atoms with E-state index in [0.29, 0.717) is 0 Å². The van der Waals surface area contributed by atoms with E-state index in [0.717, 1.165) is 11.8 Å². The Morgan fingerprint density at radius 2 is 2.40 bits per heavy atom. The Labute approximate surface area is 96.9 Å². The van der Waals surface area contributed by atoms with E-state index in [9.17, 15) is 0 Å². The molecule has 1 aliphatic rings. The SMILES string of the molecule is CCCNCC1CCCC1c1cccs1. The van der Waals surface area contributed by atoms with Crippen molar-refractivity contribution in [2.45, 2.75) is 38.5 Å². The summed E-state index contributed by atoms with van der Waals surface area (Å²) in [5.41, 5.74) is 0. The zero-order chi connectivity index (χ0) is 10.5. The fourth-order valence-corrected chi connectivity index (χ4v) is 3.58. The van der Waals surface area contributed by atoms with Gasteiger partial charge in [-0.1, -0.05) is 19.4 Å². The van der Waals surface area contributed by atoms with Crippen molar-refractivity contribution in [2.24, 2.45) is 5.92 Å². The summed E-state index contributed by atoms with van der Waals surface area (Å²) in [5, 5.41) is 5.79. The van der Waals surface area contributed by atoms with Crippen LogP contribution in [0.3, 0.4) is 0 Å². The van der Waals surface area contributed by atoms with E-state index in [4.69, 9.17) is 0 Å². The first-order chi connectivity index (χ1) is 7.42. The first kappa shape index (κ1) is 11.2. The highest BCUT2D eigenvalue weighted by Crippen LogP contribution is 2.40. The average Bonchev–Trinajstić information content (AvgIpc) is 2.87. The maximum atomic E-state index is 3.57. The van der Waals surface area contributed by atoms with E-state index in [-0.39, 0.29) is 0 Å². The third-order valence-corrected chi connectivity index (χ3v) is 4.41. The summed E-state index contributed by atoms with van der Waals surface area (Å²) in [5.74, 6) is 1.73. The maximum Gasteiger partial charge on any atom is 0.00794 e. The molecular formula is C13H21NS. The van der Waals surface area contributed by atoms with Crippen LogP contribution in [0.2, 0.25) is 0 Å². The molecule has 0 aliphatic heterocycles. The first-order valence-electron chi connectivity index (χ1n) is 6.16. The van der Waals surface area contributed by atoms with Crippen molar-refractivity contribution in [2.75, 3.05) is 13.1 Å². The Morgan fingerprint density at radius 3 is 3.13 bits per heavy atom. The lowest BCUT2D eigenvalue weighted by molar-refractivity contribution is 0.448. The van der Waals surface area contributed by atoms with E-state index in [1.54, 1.807) is 4.88 Å². The molecule has 0 radical (unpaired) electrons. The predicted molar refractivity (Wildman–Crippen MR) is 67.6 cm³/mol. The fraction of sp³-hybridized carbons (Fsp3) is 0.692. The molecule has 0 spiro atoms. The van der Waals surface area contributed by atoms with Crippen LogP contribution in [-0.2, 0) is 0 Å².